The minimum absolute atomic E-state index is 0.499. The monoisotopic (exact) mass is 446 g/mol. The normalized spacial score (nSPS) is 10.5. The van der Waals surface area contributed by atoms with Crippen LogP contribution >= 0.6 is 107 Å². The summed E-state index contributed by atoms with van der Waals surface area (Å²) in [5.74, 6) is 2.36. The zero-order valence-corrected chi connectivity index (χ0v) is 17.9. The van der Waals surface area contributed by atoms with Crippen LogP contribution in [0, 0.1) is 0 Å². The second-order valence-corrected chi connectivity index (χ2v) is 16.2. The molecule has 2 nitrogen and oxygen atoms in total. The number of hydrogen-bond donors (Lipinski definition) is 2. The van der Waals surface area contributed by atoms with Crippen molar-refractivity contribution in [2.45, 2.75) is 19.3 Å². The highest BCUT2D eigenvalue weighted by Gasteiger charge is 1.97. The van der Waals surface area contributed by atoms with E-state index in [1.165, 1.54) is 52.4 Å². The van der Waals surface area contributed by atoms with Crippen molar-refractivity contribution in [3.8, 4) is 0 Å². The number of nitrogens with two attached hydrogens (primary N) is 2. The highest BCUT2D eigenvalue weighted by atomic mass is 33.7. The van der Waals surface area contributed by atoms with Gasteiger partial charge >= 0.3 is 0 Å². The van der Waals surface area contributed by atoms with E-state index in [1.54, 1.807) is 39.3 Å². The first-order chi connectivity index (χ1) is 9.13. The molecular weight excluding hydrogens is 433 g/mol. The Bertz CT molecular complexity index is 226. The Morgan fingerprint density at radius 1 is 0.684 bits per heavy atom. The highest BCUT2D eigenvalue weighted by molar-refractivity contribution is 9.28. The Labute approximate surface area is 156 Å². The number of rotatable bonds is 12. The SMILES string of the molecule is NC(=S)SSSSCCCCCSSSSC(N)=S. The fourth-order valence-electron chi connectivity index (χ4n) is 0.701. The third-order valence-corrected chi connectivity index (χ3v) is 14.5. The Morgan fingerprint density at radius 3 is 1.47 bits per heavy atom. The fraction of sp³-hybridized carbons (Fsp3) is 0.714. The van der Waals surface area contributed by atoms with Crippen molar-refractivity contribution in [3.05, 3.63) is 0 Å². The molecule has 0 unspecified atom stereocenters. The molecule has 12 heteroatoms. The molecule has 0 aromatic heterocycles. The maximum Gasteiger partial charge on any atom is 0.142 e. The van der Waals surface area contributed by atoms with Crippen LogP contribution in [0.15, 0.2) is 0 Å². The zero-order chi connectivity index (χ0) is 14.3. The Hall–Kier alpha value is 2.58. The highest BCUT2D eigenvalue weighted by Crippen LogP contribution is 2.44. The summed E-state index contributed by atoms with van der Waals surface area (Å²) >= 11 is 9.53. The van der Waals surface area contributed by atoms with Gasteiger partial charge in [0.25, 0.3) is 0 Å². The van der Waals surface area contributed by atoms with Gasteiger partial charge < -0.3 is 11.5 Å². The van der Waals surface area contributed by atoms with Gasteiger partial charge in [0.1, 0.15) is 8.64 Å². The van der Waals surface area contributed by atoms with Crippen molar-refractivity contribution in [3.63, 3.8) is 0 Å². The minimum Gasteiger partial charge on any atom is -0.384 e. The summed E-state index contributed by atoms with van der Waals surface area (Å²) in [7, 11) is 13.4. The van der Waals surface area contributed by atoms with Gasteiger partial charge in [-0.05, 0) is 73.7 Å². The molecule has 0 aliphatic carbocycles. The van der Waals surface area contributed by atoms with E-state index in [9.17, 15) is 0 Å². The fourth-order valence-corrected chi connectivity index (χ4v) is 12.4. The first-order valence-electron chi connectivity index (χ1n) is 4.97. The minimum atomic E-state index is 0.499. The standard InChI is InChI=1S/C7H14N2S10/c8-6(10)14-18-16-12-4-2-1-3-5-13-17-19-15-7(9)11/h1-5H2,(H2,8,10)(H2,9,11). The van der Waals surface area contributed by atoms with E-state index in [2.05, 4.69) is 0 Å². The first-order valence-corrected chi connectivity index (χ1v) is 15.8. The van der Waals surface area contributed by atoms with E-state index in [0.29, 0.717) is 8.64 Å². The molecule has 0 aliphatic heterocycles. The third-order valence-electron chi connectivity index (χ3n) is 1.34. The quantitative estimate of drug-likeness (QED) is 0.210. The van der Waals surface area contributed by atoms with Gasteiger partial charge in [0, 0.05) is 11.5 Å². The maximum absolute atomic E-state index is 5.37. The summed E-state index contributed by atoms with van der Waals surface area (Å²) < 4.78 is 0.998. The number of hydrogen-bond acceptors (Lipinski definition) is 10. The molecule has 0 fully saturated rings. The Morgan fingerprint density at radius 2 is 1.11 bits per heavy atom. The van der Waals surface area contributed by atoms with E-state index >= 15 is 0 Å². The van der Waals surface area contributed by atoms with E-state index < -0.39 is 0 Å². The molecule has 0 aromatic rings. The van der Waals surface area contributed by atoms with Gasteiger partial charge in [-0.25, -0.2) is 0 Å². The van der Waals surface area contributed by atoms with Crippen LogP contribution in [0.5, 0.6) is 0 Å². The van der Waals surface area contributed by atoms with Crippen LogP contribution < -0.4 is 11.5 Å². The van der Waals surface area contributed by atoms with E-state index in [4.69, 9.17) is 35.9 Å². The van der Waals surface area contributed by atoms with Crippen molar-refractivity contribution < 1.29 is 0 Å². The topological polar surface area (TPSA) is 52.0 Å². The van der Waals surface area contributed by atoms with Crippen LogP contribution in [0.25, 0.3) is 0 Å². The number of unbranched alkanes of at least 4 members (excludes halogenated alkanes) is 2. The molecule has 0 bridgehead atoms. The van der Waals surface area contributed by atoms with Crippen LogP contribution in [-0.4, -0.2) is 20.1 Å². The van der Waals surface area contributed by atoms with Crippen LogP contribution in [0.4, 0.5) is 0 Å². The van der Waals surface area contributed by atoms with Gasteiger partial charge in [0.05, 0.1) is 0 Å². The van der Waals surface area contributed by atoms with Gasteiger partial charge in [-0.2, -0.15) is 0 Å². The van der Waals surface area contributed by atoms with Crippen LogP contribution in [0.1, 0.15) is 19.3 Å². The lowest BCUT2D eigenvalue weighted by atomic mass is 10.3. The molecule has 0 aromatic carbocycles. The molecule has 0 saturated heterocycles. The van der Waals surface area contributed by atoms with Crippen molar-refractivity contribution in [2.75, 3.05) is 11.5 Å². The van der Waals surface area contributed by atoms with Crippen LogP contribution in [0.2, 0.25) is 0 Å². The van der Waals surface area contributed by atoms with Crippen LogP contribution in [-0.2, 0) is 0 Å². The molecule has 0 amide bonds. The Balaban J connectivity index is 2.99. The van der Waals surface area contributed by atoms with Gasteiger partial charge in [-0.1, -0.05) is 52.4 Å². The average Bonchev–Trinajstić information content (AvgIpc) is 2.34. The molecule has 0 saturated carbocycles. The van der Waals surface area contributed by atoms with E-state index in [1.807, 2.05) is 21.6 Å². The molecule has 0 aliphatic rings. The molecule has 19 heavy (non-hydrogen) atoms. The van der Waals surface area contributed by atoms with Gasteiger partial charge in [0.15, 0.2) is 0 Å². The lowest BCUT2D eigenvalue weighted by Crippen LogP contribution is -1.98. The molecule has 4 N–H and O–H groups in total. The summed E-state index contributed by atoms with van der Waals surface area (Å²) in [6.07, 6.45) is 3.80. The second-order valence-electron chi connectivity index (χ2n) is 2.78. The van der Waals surface area contributed by atoms with Gasteiger partial charge in [0.2, 0.25) is 0 Å². The molecule has 0 atom stereocenters. The molecular formula is C7H14N2S10. The van der Waals surface area contributed by atoms with Crippen molar-refractivity contribution in [1.82, 2.24) is 0 Å². The van der Waals surface area contributed by atoms with Gasteiger partial charge in [-0.15, -0.1) is 0 Å². The summed E-state index contributed by atoms with van der Waals surface area (Å²) in [5.41, 5.74) is 10.7. The third kappa shape index (κ3) is 20.6. The summed E-state index contributed by atoms with van der Waals surface area (Å²) in [5, 5.41) is 0. The van der Waals surface area contributed by atoms with Crippen molar-refractivity contribution >= 4 is 116 Å². The van der Waals surface area contributed by atoms with E-state index in [-0.39, 0.29) is 0 Å². The predicted octanol–water partition coefficient (Wildman–Crippen LogP) is 6.00. The molecule has 0 spiro atoms. The summed E-state index contributed by atoms with van der Waals surface area (Å²) in [6.45, 7) is 0. The Kier molecular flexibility index (Phi) is 19.2. The van der Waals surface area contributed by atoms with Crippen molar-refractivity contribution in [2.24, 2.45) is 11.5 Å². The predicted molar refractivity (Wildman–Crippen MR) is 118 cm³/mol. The van der Waals surface area contributed by atoms with Gasteiger partial charge in [-0.3, -0.25) is 0 Å². The molecule has 112 valence electrons. The molecule has 0 heterocycles. The smallest absolute Gasteiger partial charge is 0.142 e. The average molecular weight is 447 g/mol. The van der Waals surface area contributed by atoms with Crippen molar-refractivity contribution in [1.29, 1.82) is 0 Å². The second kappa shape index (κ2) is 16.9. The van der Waals surface area contributed by atoms with E-state index in [0.717, 1.165) is 0 Å². The zero-order valence-electron chi connectivity index (χ0n) is 9.77. The lowest BCUT2D eigenvalue weighted by molar-refractivity contribution is 0.788. The molecule has 0 radical (unpaired) electrons. The lowest BCUT2D eigenvalue weighted by Gasteiger charge is -2.01. The largest absolute Gasteiger partial charge is 0.384 e. The summed E-state index contributed by atoms with van der Waals surface area (Å²) in [4.78, 5) is 0. The molecule has 0 rings (SSSR count). The van der Waals surface area contributed by atoms with Crippen LogP contribution in [0.3, 0.4) is 0 Å². The number of thiocarbonyl (C=S) groups is 2. The summed E-state index contributed by atoms with van der Waals surface area (Å²) in [6, 6.07) is 0. The maximum atomic E-state index is 5.37. The first kappa shape index (κ1) is 21.6.